The van der Waals surface area contributed by atoms with Crippen LogP contribution in [0.4, 0.5) is 0 Å². The summed E-state index contributed by atoms with van der Waals surface area (Å²) in [4.78, 5) is 37.8. The van der Waals surface area contributed by atoms with Gasteiger partial charge in [0.1, 0.15) is 13.2 Å². The highest BCUT2D eigenvalue weighted by Gasteiger charge is 2.19. The molecule has 0 aliphatic rings. The van der Waals surface area contributed by atoms with E-state index >= 15 is 0 Å². The smallest absolute Gasteiger partial charge is 0.306 e. The zero-order valence-corrected chi connectivity index (χ0v) is 39.5. The minimum atomic E-state index is -0.806. The first-order chi connectivity index (χ1) is 29.5. The lowest BCUT2D eigenvalue weighted by Gasteiger charge is -2.18. The molecule has 0 rings (SSSR count). The molecule has 0 aromatic rings. The first-order valence-electron chi connectivity index (χ1n) is 25.4. The lowest BCUT2D eigenvalue weighted by atomic mass is 10.0. The van der Waals surface area contributed by atoms with Gasteiger partial charge < -0.3 is 14.2 Å². The van der Waals surface area contributed by atoms with E-state index in [1.807, 2.05) is 54.7 Å². The number of carbonyl (C=O) groups excluding carboxylic acids is 3. The van der Waals surface area contributed by atoms with Crippen molar-refractivity contribution in [1.29, 1.82) is 0 Å². The Hall–Kier alpha value is -2.89. The number of carbonyl (C=O) groups is 3. The normalized spacial score (nSPS) is 12.5. The molecule has 0 aliphatic heterocycles. The van der Waals surface area contributed by atoms with Gasteiger partial charge in [0.2, 0.25) is 0 Å². The van der Waals surface area contributed by atoms with E-state index in [-0.39, 0.29) is 37.5 Å². The Labute approximate surface area is 370 Å². The molecule has 0 aromatic carbocycles. The molecular formula is C54H94O6. The van der Waals surface area contributed by atoms with Crippen LogP contribution < -0.4 is 0 Å². The molecule has 0 saturated heterocycles. The summed E-state index contributed by atoms with van der Waals surface area (Å²) in [6, 6.07) is 0. The van der Waals surface area contributed by atoms with Crippen LogP contribution in [0, 0.1) is 0 Å². The minimum Gasteiger partial charge on any atom is -0.462 e. The van der Waals surface area contributed by atoms with Crippen LogP contribution in [0.15, 0.2) is 60.8 Å². The maximum absolute atomic E-state index is 12.7. The van der Waals surface area contributed by atoms with Crippen molar-refractivity contribution >= 4 is 17.9 Å². The highest BCUT2D eigenvalue weighted by atomic mass is 16.6. The summed E-state index contributed by atoms with van der Waals surface area (Å²) in [5.74, 6) is -0.970. The van der Waals surface area contributed by atoms with Crippen LogP contribution in [-0.2, 0) is 28.6 Å². The summed E-state index contributed by atoms with van der Waals surface area (Å²) < 4.78 is 16.7. The van der Waals surface area contributed by atoms with E-state index in [0.29, 0.717) is 19.3 Å². The van der Waals surface area contributed by atoms with E-state index in [4.69, 9.17) is 14.2 Å². The van der Waals surface area contributed by atoms with Crippen LogP contribution in [0.1, 0.15) is 245 Å². The third kappa shape index (κ3) is 46.2. The average molecular weight is 839 g/mol. The molecule has 346 valence electrons. The molecule has 1 atom stereocenters. The summed E-state index contributed by atoms with van der Waals surface area (Å²) in [5, 5.41) is 0. The molecule has 0 bridgehead atoms. The largest absolute Gasteiger partial charge is 0.462 e. The van der Waals surface area contributed by atoms with Gasteiger partial charge >= 0.3 is 17.9 Å². The Morgan fingerprint density at radius 1 is 0.350 bits per heavy atom. The standard InChI is InChI=1S/C54H94O6/c1-4-7-10-13-16-19-22-24-25-26-27-28-29-31-32-35-38-41-44-47-53(56)59-50-51(49-58-52(55)46-43-40-37-34-21-18-15-12-9-6-3)60-54(57)48-45-42-39-36-33-30-23-20-17-14-11-8-5-2/h8,11,14,17,20,23,30,33,36,39,51H,4-7,9-10,12-13,15-16,18-19,21-22,24-29,31-32,34-35,37-38,40-50H2,1-3H3/b11-8-,17-14-,23-20-,33-30-,39-36-. The van der Waals surface area contributed by atoms with Gasteiger partial charge in [0.15, 0.2) is 6.10 Å². The zero-order chi connectivity index (χ0) is 43.7. The van der Waals surface area contributed by atoms with Gasteiger partial charge in [-0.2, -0.15) is 0 Å². The molecule has 0 fully saturated rings. The first kappa shape index (κ1) is 57.1. The summed E-state index contributed by atoms with van der Waals surface area (Å²) >= 11 is 0. The molecule has 0 saturated carbocycles. The van der Waals surface area contributed by atoms with Gasteiger partial charge in [0.25, 0.3) is 0 Å². The molecule has 0 spiro atoms. The number of allylic oxidation sites excluding steroid dienone is 10. The topological polar surface area (TPSA) is 78.9 Å². The molecule has 0 aliphatic carbocycles. The van der Waals surface area contributed by atoms with E-state index in [0.717, 1.165) is 51.4 Å². The van der Waals surface area contributed by atoms with Gasteiger partial charge in [-0.05, 0) is 32.1 Å². The van der Waals surface area contributed by atoms with Crippen LogP contribution >= 0.6 is 0 Å². The third-order valence-electron chi connectivity index (χ3n) is 10.9. The van der Waals surface area contributed by atoms with Gasteiger partial charge in [0, 0.05) is 19.3 Å². The lowest BCUT2D eigenvalue weighted by molar-refractivity contribution is -0.167. The summed E-state index contributed by atoms with van der Waals surface area (Å²) in [6.07, 6.45) is 59.4. The van der Waals surface area contributed by atoms with Crippen molar-refractivity contribution in [2.45, 2.75) is 252 Å². The first-order valence-corrected chi connectivity index (χ1v) is 25.4. The fourth-order valence-corrected chi connectivity index (χ4v) is 7.12. The van der Waals surface area contributed by atoms with Crippen LogP contribution in [0.5, 0.6) is 0 Å². The van der Waals surface area contributed by atoms with E-state index in [1.165, 1.54) is 148 Å². The van der Waals surface area contributed by atoms with Crippen LogP contribution in [-0.4, -0.2) is 37.2 Å². The molecule has 0 heterocycles. The maximum Gasteiger partial charge on any atom is 0.306 e. The van der Waals surface area contributed by atoms with Gasteiger partial charge in [0.05, 0.1) is 0 Å². The van der Waals surface area contributed by atoms with Crippen molar-refractivity contribution in [3.05, 3.63) is 60.8 Å². The third-order valence-corrected chi connectivity index (χ3v) is 10.9. The Balaban J connectivity index is 4.36. The number of esters is 3. The number of rotatable bonds is 45. The Morgan fingerprint density at radius 2 is 0.650 bits per heavy atom. The summed E-state index contributed by atoms with van der Waals surface area (Å²) in [5.41, 5.74) is 0. The van der Waals surface area contributed by atoms with Crippen LogP contribution in [0.25, 0.3) is 0 Å². The van der Waals surface area contributed by atoms with Crippen LogP contribution in [0.2, 0.25) is 0 Å². The maximum atomic E-state index is 12.7. The van der Waals surface area contributed by atoms with Crippen molar-refractivity contribution in [1.82, 2.24) is 0 Å². The fraction of sp³-hybridized carbons (Fsp3) is 0.759. The second-order valence-electron chi connectivity index (χ2n) is 16.8. The van der Waals surface area contributed by atoms with E-state index in [2.05, 4.69) is 26.8 Å². The van der Waals surface area contributed by atoms with Gasteiger partial charge in [-0.25, -0.2) is 0 Å². The number of ether oxygens (including phenoxy) is 3. The minimum absolute atomic E-state index is 0.0997. The molecule has 0 amide bonds. The second-order valence-corrected chi connectivity index (χ2v) is 16.8. The molecule has 6 heteroatoms. The molecule has 0 aromatic heterocycles. The van der Waals surface area contributed by atoms with E-state index < -0.39 is 6.10 Å². The summed E-state index contributed by atoms with van der Waals surface area (Å²) in [6.45, 7) is 6.43. The molecule has 1 unspecified atom stereocenters. The molecule has 0 N–H and O–H groups in total. The van der Waals surface area contributed by atoms with Gasteiger partial charge in [-0.1, -0.05) is 255 Å². The summed E-state index contributed by atoms with van der Waals surface area (Å²) in [7, 11) is 0. The lowest BCUT2D eigenvalue weighted by Crippen LogP contribution is -2.30. The molecule has 6 nitrogen and oxygen atoms in total. The van der Waals surface area contributed by atoms with Gasteiger partial charge in [-0.3, -0.25) is 14.4 Å². The van der Waals surface area contributed by atoms with Crippen molar-refractivity contribution in [2.24, 2.45) is 0 Å². The monoisotopic (exact) mass is 839 g/mol. The Bertz CT molecular complexity index is 1100. The molecule has 0 radical (unpaired) electrons. The Morgan fingerprint density at radius 3 is 1.00 bits per heavy atom. The average Bonchev–Trinajstić information content (AvgIpc) is 3.24. The van der Waals surface area contributed by atoms with Crippen molar-refractivity contribution in [3.63, 3.8) is 0 Å². The zero-order valence-electron chi connectivity index (χ0n) is 39.5. The predicted octanol–water partition coefficient (Wildman–Crippen LogP) is 16.5. The number of unbranched alkanes of at least 4 members (excludes halogenated alkanes) is 28. The second kappa shape index (κ2) is 48.8. The number of hydrogen-bond acceptors (Lipinski definition) is 6. The van der Waals surface area contributed by atoms with Crippen molar-refractivity contribution < 1.29 is 28.6 Å². The van der Waals surface area contributed by atoms with Crippen molar-refractivity contribution in [3.8, 4) is 0 Å². The fourth-order valence-electron chi connectivity index (χ4n) is 7.12. The highest BCUT2D eigenvalue weighted by molar-refractivity contribution is 5.71. The Kier molecular flexibility index (Phi) is 46.4. The molecular weight excluding hydrogens is 745 g/mol. The predicted molar refractivity (Wildman–Crippen MR) is 256 cm³/mol. The van der Waals surface area contributed by atoms with E-state index in [1.54, 1.807) is 0 Å². The van der Waals surface area contributed by atoms with E-state index in [9.17, 15) is 14.4 Å². The molecule has 60 heavy (non-hydrogen) atoms. The van der Waals surface area contributed by atoms with Gasteiger partial charge in [-0.15, -0.1) is 0 Å². The SMILES string of the molecule is CC\C=C/C=C\C=C/C=C\C=C/CCCC(=O)OC(COC(=O)CCCCCCCCCCCC)COC(=O)CCCCCCCCCCCCCCCCCCCCC. The van der Waals surface area contributed by atoms with Crippen LogP contribution in [0.3, 0.4) is 0 Å². The van der Waals surface area contributed by atoms with Crippen molar-refractivity contribution in [2.75, 3.05) is 13.2 Å². The highest BCUT2D eigenvalue weighted by Crippen LogP contribution is 2.16. The number of hydrogen-bond donors (Lipinski definition) is 0. The quantitative estimate of drug-likeness (QED) is 0.0263.